The van der Waals surface area contributed by atoms with Crippen LogP contribution in [0.4, 0.5) is 0 Å². The lowest BCUT2D eigenvalue weighted by Crippen LogP contribution is -2.24. The van der Waals surface area contributed by atoms with Crippen molar-refractivity contribution in [3.8, 4) is 5.75 Å². The van der Waals surface area contributed by atoms with Gasteiger partial charge in [-0.3, -0.25) is 4.79 Å². The van der Waals surface area contributed by atoms with Crippen LogP contribution in [0.5, 0.6) is 5.75 Å². The van der Waals surface area contributed by atoms with E-state index in [0.29, 0.717) is 22.3 Å². The number of nitrogens with one attached hydrogen (secondary N) is 1. The molecule has 0 radical (unpaired) electrons. The number of rotatable bonds is 4. The summed E-state index contributed by atoms with van der Waals surface area (Å²) in [6.07, 6.45) is 1.44. The predicted molar refractivity (Wildman–Crippen MR) is 90.5 cm³/mol. The van der Waals surface area contributed by atoms with Gasteiger partial charge in [-0.25, -0.2) is 10.2 Å². The topological polar surface area (TPSA) is 80.9 Å². The number of hydrogen-bond donors (Lipinski definition) is 1. The number of benzene rings is 2. The Morgan fingerprint density at radius 2 is 1.92 bits per heavy atom. The normalized spacial score (nSPS) is 10.9. The molecular formula is C18H14N2O4. The van der Waals surface area contributed by atoms with E-state index in [1.54, 1.807) is 43.5 Å². The predicted octanol–water partition coefficient (Wildman–Crippen LogP) is 2.57. The summed E-state index contributed by atoms with van der Waals surface area (Å²) in [6.45, 7) is 0. The maximum Gasteiger partial charge on any atom is 0.349 e. The Labute approximate surface area is 137 Å². The van der Waals surface area contributed by atoms with Crippen molar-refractivity contribution in [2.24, 2.45) is 5.10 Å². The van der Waals surface area contributed by atoms with E-state index in [1.165, 1.54) is 12.3 Å². The van der Waals surface area contributed by atoms with Crippen molar-refractivity contribution < 1.29 is 13.9 Å². The van der Waals surface area contributed by atoms with E-state index < -0.39 is 11.5 Å². The molecule has 0 bridgehead atoms. The van der Waals surface area contributed by atoms with E-state index in [0.717, 1.165) is 0 Å². The quantitative estimate of drug-likeness (QED) is 0.455. The third kappa shape index (κ3) is 3.17. The highest BCUT2D eigenvalue weighted by atomic mass is 16.5. The van der Waals surface area contributed by atoms with Gasteiger partial charge in [-0.15, -0.1) is 0 Å². The molecule has 0 aliphatic carbocycles. The van der Waals surface area contributed by atoms with Crippen LogP contribution in [0.2, 0.25) is 0 Å². The number of hydrogen-bond acceptors (Lipinski definition) is 5. The van der Waals surface area contributed by atoms with Crippen molar-refractivity contribution in [3.63, 3.8) is 0 Å². The summed E-state index contributed by atoms with van der Waals surface area (Å²) in [5.74, 6) is -0.0126. The Balaban J connectivity index is 1.81. The molecule has 0 saturated carbocycles. The molecule has 0 aliphatic heterocycles. The van der Waals surface area contributed by atoms with Crippen molar-refractivity contribution >= 4 is 23.1 Å². The van der Waals surface area contributed by atoms with Gasteiger partial charge in [0.25, 0.3) is 5.91 Å². The molecule has 1 N–H and O–H groups in total. The van der Waals surface area contributed by atoms with E-state index in [-0.39, 0.29) is 5.56 Å². The van der Waals surface area contributed by atoms with Crippen molar-refractivity contribution in [3.05, 3.63) is 76.1 Å². The van der Waals surface area contributed by atoms with Crippen LogP contribution >= 0.6 is 0 Å². The van der Waals surface area contributed by atoms with E-state index in [1.807, 2.05) is 12.1 Å². The number of methoxy groups -OCH3 is 1. The average Bonchev–Trinajstić information content (AvgIpc) is 2.61. The molecule has 24 heavy (non-hydrogen) atoms. The third-order valence-electron chi connectivity index (χ3n) is 3.39. The third-order valence-corrected chi connectivity index (χ3v) is 3.39. The smallest absolute Gasteiger partial charge is 0.349 e. The lowest BCUT2D eigenvalue weighted by Gasteiger charge is -2.03. The van der Waals surface area contributed by atoms with E-state index in [4.69, 9.17) is 9.15 Å². The number of amides is 1. The second-order valence-electron chi connectivity index (χ2n) is 4.93. The number of carbonyl (C=O) groups excluding carboxylic acids is 1. The first kappa shape index (κ1) is 15.5. The lowest BCUT2D eigenvalue weighted by molar-refractivity contribution is 0.0951. The zero-order chi connectivity index (χ0) is 16.9. The maximum atomic E-state index is 12.1. The molecule has 3 rings (SSSR count). The molecule has 1 amide bonds. The molecule has 0 unspecified atom stereocenters. The second kappa shape index (κ2) is 6.78. The van der Waals surface area contributed by atoms with E-state index in [2.05, 4.69) is 10.5 Å². The summed E-state index contributed by atoms with van der Waals surface area (Å²) in [5.41, 5.74) is 2.63. The fourth-order valence-corrected chi connectivity index (χ4v) is 2.21. The van der Waals surface area contributed by atoms with Gasteiger partial charge in [-0.05, 0) is 24.3 Å². The first-order valence-electron chi connectivity index (χ1n) is 7.18. The fourth-order valence-electron chi connectivity index (χ4n) is 2.21. The molecule has 0 atom stereocenters. The number of carbonyl (C=O) groups is 1. The Morgan fingerprint density at radius 1 is 1.17 bits per heavy atom. The number of para-hydroxylation sites is 2. The van der Waals surface area contributed by atoms with Crippen LogP contribution in [0.1, 0.15) is 15.9 Å². The molecule has 2 aromatic carbocycles. The van der Waals surface area contributed by atoms with Crippen molar-refractivity contribution in [2.45, 2.75) is 0 Å². The SMILES string of the molecule is COc1ccccc1C=NNC(=O)c1cc2ccccc2oc1=O. The molecule has 120 valence electrons. The van der Waals surface area contributed by atoms with Gasteiger partial charge in [0, 0.05) is 10.9 Å². The molecule has 0 spiro atoms. The van der Waals surface area contributed by atoms with Crippen molar-refractivity contribution in [1.29, 1.82) is 0 Å². The van der Waals surface area contributed by atoms with Gasteiger partial charge in [0.1, 0.15) is 16.9 Å². The largest absolute Gasteiger partial charge is 0.496 e. The van der Waals surface area contributed by atoms with Crippen LogP contribution in [0.15, 0.2) is 68.9 Å². The van der Waals surface area contributed by atoms with Crippen LogP contribution < -0.4 is 15.8 Å². The summed E-state index contributed by atoms with van der Waals surface area (Å²) in [7, 11) is 1.55. The van der Waals surface area contributed by atoms with Crippen molar-refractivity contribution in [2.75, 3.05) is 7.11 Å². The average molecular weight is 322 g/mol. The van der Waals surface area contributed by atoms with E-state index >= 15 is 0 Å². The van der Waals surface area contributed by atoms with Crippen LogP contribution in [0.3, 0.4) is 0 Å². The van der Waals surface area contributed by atoms with Gasteiger partial charge < -0.3 is 9.15 Å². The number of ether oxygens (including phenoxy) is 1. The summed E-state index contributed by atoms with van der Waals surface area (Å²) in [6, 6.07) is 15.7. The van der Waals surface area contributed by atoms with Crippen LogP contribution in [-0.2, 0) is 0 Å². The standard InChI is InChI=1S/C18H14N2O4/c1-23-15-8-4-3-7-13(15)11-19-20-17(21)14-10-12-6-2-5-9-16(12)24-18(14)22/h2-11H,1H3,(H,20,21). The Hall–Kier alpha value is -3.41. The minimum atomic E-state index is -0.710. The molecule has 0 aliphatic rings. The second-order valence-corrected chi connectivity index (χ2v) is 4.93. The van der Waals surface area contributed by atoms with Crippen molar-refractivity contribution in [1.82, 2.24) is 5.43 Å². The van der Waals surface area contributed by atoms with Gasteiger partial charge >= 0.3 is 5.63 Å². The molecule has 0 saturated heterocycles. The Bertz CT molecular complexity index is 976. The molecule has 6 heteroatoms. The molecule has 1 heterocycles. The zero-order valence-electron chi connectivity index (χ0n) is 12.9. The molecule has 6 nitrogen and oxygen atoms in total. The summed E-state index contributed by atoms with van der Waals surface area (Å²) >= 11 is 0. The first-order chi connectivity index (χ1) is 11.7. The highest BCUT2D eigenvalue weighted by Gasteiger charge is 2.12. The molecule has 0 fully saturated rings. The maximum absolute atomic E-state index is 12.1. The van der Waals surface area contributed by atoms with Crippen LogP contribution in [0, 0.1) is 0 Å². The first-order valence-corrected chi connectivity index (χ1v) is 7.18. The van der Waals surface area contributed by atoms with Crippen LogP contribution in [-0.4, -0.2) is 19.2 Å². The van der Waals surface area contributed by atoms with Gasteiger partial charge in [0.05, 0.1) is 13.3 Å². The highest BCUT2D eigenvalue weighted by molar-refractivity contribution is 5.97. The minimum Gasteiger partial charge on any atom is -0.496 e. The Kier molecular flexibility index (Phi) is 4.38. The van der Waals surface area contributed by atoms with Gasteiger partial charge in [0.2, 0.25) is 0 Å². The number of nitrogens with zero attached hydrogens (tertiary/aromatic N) is 1. The molecular weight excluding hydrogens is 308 g/mol. The van der Waals surface area contributed by atoms with Gasteiger partial charge in [-0.1, -0.05) is 30.3 Å². The summed E-state index contributed by atoms with van der Waals surface area (Å²) in [5, 5.41) is 4.53. The zero-order valence-corrected chi connectivity index (χ0v) is 12.9. The monoisotopic (exact) mass is 322 g/mol. The van der Waals surface area contributed by atoms with E-state index in [9.17, 15) is 9.59 Å². The number of fused-ring (bicyclic) bond motifs is 1. The lowest BCUT2D eigenvalue weighted by atomic mass is 10.2. The molecule has 3 aromatic rings. The Morgan fingerprint density at radius 3 is 2.75 bits per heavy atom. The highest BCUT2D eigenvalue weighted by Crippen LogP contribution is 2.15. The molecule has 1 aromatic heterocycles. The summed E-state index contributed by atoms with van der Waals surface area (Å²) < 4.78 is 10.3. The number of hydrazone groups is 1. The summed E-state index contributed by atoms with van der Waals surface area (Å²) in [4.78, 5) is 24.0. The fraction of sp³-hybridized carbons (Fsp3) is 0.0556. The van der Waals surface area contributed by atoms with Gasteiger partial charge in [0.15, 0.2) is 0 Å². The van der Waals surface area contributed by atoms with Gasteiger partial charge in [-0.2, -0.15) is 5.10 Å². The minimum absolute atomic E-state index is 0.106. The van der Waals surface area contributed by atoms with Crippen LogP contribution in [0.25, 0.3) is 11.0 Å².